The van der Waals surface area contributed by atoms with E-state index in [1.54, 1.807) is 45.9 Å². The Balaban J connectivity index is 3.55. The summed E-state index contributed by atoms with van der Waals surface area (Å²) in [6.07, 6.45) is 1.58. The van der Waals surface area contributed by atoms with Gasteiger partial charge in [0.2, 0.25) is 11.8 Å². The van der Waals surface area contributed by atoms with E-state index >= 15 is 0 Å². The number of hydrogen-bond donors (Lipinski definition) is 3. The van der Waals surface area contributed by atoms with Crippen LogP contribution in [-0.2, 0) is 14.3 Å². The molecule has 1 rings (SSSR count). The van der Waals surface area contributed by atoms with Crippen molar-refractivity contribution in [2.45, 2.75) is 105 Å². The molecule has 3 N–H and O–H groups in total. The van der Waals surface area contributed by atoms with Crippen molar-refractivity contribution >= 4 is 17.9 Å². The van der Waals surface area contributed by atoms with Crippen LogP contribution in [0.1, 0.15) is 91.8 Å². The van der Waals surface area contributed by atoms with E-state index in [-0.39, 0.29) is 23.6 Å². The van der Waals surface area contributed by atoms with Crippen LogP contribution in [0.3, 0.4) is 0 Å². The summed E-state index contributed by atoms with van der Waals surface area (Å²) in [4.78, 5) is 41.6. The van der Waals surface area contributed by atoms with Gasteiger partial charge in [-0.15, -0.1) is 0 Å². The minimum Gasteiger partial charge on any atom is -0.507 e. The first-order valence-corrected chi connectivity index (χ1v) is 12.6. The zero-order valence-corrected chi connectivity index (χ0v) is 22.9. The molecule has 0 spiro atoms. The Bertz CT molecular complexity index is 863. The van der Waals surface area contributed by atoms with E-state index in [0.29, 0.717) is 24.1 Å². The van der Waals surface area contributed by atoms with Gasteiger partial charge >= 0.3 is 6.09 Å². The first-order valence-electron chi connectivity index (χ1n) is 12.6. The number of ether oxygens (including phenoxy) is 1. The molecule has 198 valence electrons. The number of hydrogen-bond acceptors (Lipinski definition) is 5. The summed E-state index contributed by atoms with van der Waals surface area (Å²) in [5, 5.41) is 16.5. The smallest absolute Gasteiger partial charge is 0.408 e. The maximum Gasteiger partial charge on any atom is 0.408 e. The molecule has 0 aliphatic heterocycles. The van der Waals surface area contributed by atoms with Crippen LogP contribution in [0.15, 0.2) is 18.2 Å². The number of carbonyl (C=O) groups excluding carboxylic acids is 3. The van der Waals surface area contributed by atoms with E-state index in [9.17, 15) is 19.5 Å². The van der Waals surface area contributed by atoms with Crippen LogP contribution in [-0.4, -0.2) is 52.1 Å². The molecule has 3 unspecified atom stereocenters. The highest BCUT2D eigenvalue weighted by atomic mass is 16.6. The Kier molecular flexibility index (Phi) is 11.5. The third-order valence-electron chi connectivity index (χ3n) is 5.84. The Labute approximate surface area is 210 Å². The molecule has 0 bridgehead atoms. The Morgan fingerprint density at radius 1 is 1.11 bits per heavy atom. The number of phenols is 1. The van der Waals surface area contributed by atoms with Gasteiger partial charge in [0.15, 0.2) is 0 Å². The first kappa shape index (κ1) is 30.3. The standard InChI is InChI=1S/C27H45N3O5/c1-10-12-16-28-24(32)22(20-15-13-14-18(5)23(20)31)30(19(6)11-2)25(33)21(17(3)4)29-26(34)35-27(7,8)9/h13-15,17,19,21-22,31H,10-12,16H2,1-9H3,(H,28,32)(H,29,34). The van der Waals surface area contributed by atoms with E-state index in [1.807, 2.05) is 34.6 Å². The number of benzene rings is 1. The fraction of sp³-hybridized carbons (Fsp3) is 0.667. The molecule has 35 heavy (non-hydrogen) atoms. The number of phenolic OH excluding ortho intramolecular Hbond substituents is 1. The monoisotopic (exact) mass is 491 g/mol. The molecule has 0 heterocycles. The summed E-state index contributed by atoms with van der Waals surface area (Å²) in [6.45, 7) is 16.9. The number of aromatic hydroxyl groups is 1. The highest BCUT2D eigenvalue weighted by molar-refractivity contribution is 5.93. The lowest BCUT2D eigenvalue weighted by atomic mass is 9.95. The van der Waals surface area contributed by atoms with Crippen molar-refractivity contribution in [3.05, 3.63) is 29.3 Å². The Morgan fingerprint density at radius 3 is 2.26 bits per heavy atom. The van der Waals surface area contributed by atoms with Crippen molar-refractivity contribution in [1.82, 2.24) is 15.5 Å². The number of rotatable bonds is 11. The third kappa shape index (κ3) is 8.75. The molecule has 0 aliphatic carbocycles. The van der Waals surface area contributed by atoms with Gasteiger partial charge in [-0.1, -0.05) is 52.3 Å². The number of aryl methyl sites for hydroxylation is 1. The molecule has 3 amide bonds. The van der Waals surface area contributed by atoms with Crippen molar-refractivity contribution in [3.8, 4) is 5.75 Å². The maximum absolute atomic E-state index is 14.0. The van der Waals surface area contributed by atoms with Gasteiger partial charge in [-0.05, 0) is 58.9 Å². The van der Waals surface area contributed by atoms with Gasteiger partial charge in [0.25, 0.3) is 0 Å². The van der Waals surface area contributed by atoms with Crippen molar-refractivity contribution in [2.75, 3.05) is 6.54 Å². The van der Waals surface area contributed by atoms with E-state index in [2.05, 4.69) is 10.6 Å². The SMILES string of the molecule is CCCCNC(=O)C(c1cccc(C)c1O)N(C(=O)C(NC(=O)OC(C)(C)C)C(C)C)C(C)CC. The van der Waals surface area contributed by atoms with Gasteiger partial charge in [-0.2, -0.15) is 0 Å². The number of para-hydroxylation sites is 1. The van der Waals surface area contributed by atoms with Gasteiger partial charge < -0.3 is 25.4 Å². The van der Waals surface area contributed by atoms with E-state index in [4.69, 9.17) is 4.74 Å². The molecule has 8 heteroatoms. The number of carbonyl (C=O) groups is 3. The lowest BCUT2D eigenvalue weighted by Crippen LogP contribution is -2.57. The molecule has 0 saturated carbocycles. The summed E-state index contributed by atoms with van der Waals surface area (Å²) in [7, 11) is 0. The number of nitrogens with zero attached hydrogens (tertiary/aromatic N) is 1. The van der Waals surface area contributed by atoms with Crippen LogP contribution in [0, 0.1) is 12.8 Å². The molecular formula is C27H45N3O5. The van der Waals surface area contributed by atoms with Crippen LogP contribution >= 0.6 is 0 Å². The van der Waals surface area contributed by atoms with E-state index in [0.717, 1.165) is 12.8 Å². The predicted octanol–water partition coefficient (Wildman–Crippen LogP) is 4.83. The summed E-state index contributed by atoms with van der Waals surface area (Å²) in [5.74, 6) is -1.06. The Morgan fingerprint density at radius 2 is 1.74 bits per heavy atom. The largest absolute Gasteiger partial charge is 0.507 e. The quantitative estimate of drug-likeness (QED) is 0.384. The zero-order valence-electron chi connectivity index (χ0n) is 22.9. The normalized spacial score (nSPS) is 14.1. The second kappa shape index (κ2) is 13.4. The minimum absolute atomic E-state index is 0.0227. The predicted molar refractivity (Wildman–Crippen MR) is 138 cm³/mol. The van der Waals surface area contributed by atoms with Crippen LogP contribution in [0.25, 0.3) is 0 Å². The average Bonchev–Trinajstić information content (AvgIpc) is 2.75. The molecule has 0 fully saturated rings. The van der Waals surface area contributed by atoms with Gasteiger partial charge in [0, 0.05) is 18.2 Å². The second-order valence-electron chi connectivity index (χ2n) is 10.4. The molecular weight excluding hydrogens is 446 g/mol. The maximum atomic E-state index is 14.0. The van der Waals surface area contributed by atoms with Gasteiger partial charge in [-0.25, -0.2) is 4.79 Å². The number of amides is 3. The summed E-state index contributed by atoms with van der Waals surface area (Å²) in [6, 6.07) is 2.86. The molecule has 0 aliphatic rings. The van der Waals surface area contributed by atoms with Gasteiger partial charge in [0.1, 0.15) is 23.4 Å². The first-order chi connectivity index (χ1) is 16.2. The van der Waals surface area contributed by atoms with Gasteiger partial charge in [-0.3, -0.25) is 9.59 Å². The second-order valence-corrected chi connectivity index (χ2v) is 10.4. The van der Waals surface area contributed by atoms with Crippen molar-refractivity contribution in [1.29, 1.82) is 0 Å². The van der Waals surface area contributed by atoms with Crippen LogP contribution < -0.4 is 10.6 Å². The third-order valence-corrected chi connectivity index (χ3v) is 5.84. The molecule has 8 nitrogen and oxygen atoms in total. The lowest BCUT2D eigenvalue weighted by molar-refractivity contribution is -0.146. The lowest BCUT2D eigenvalue weighted by Gasteiger charge is -2.39. The number of alkyl carbamates (subject to hydrolysis) is 1. The van der Waals surface area contributed by atoms with Crippen LogP contribution in [0.5, 0.6) is 5.75 Å². The fourth-order valence-corrected chi connectivity index (χ4v) is 3.71. The minimum atomic E-state index is -1.06. The number of unbranched alkanes of at least 4 members (excludes halogenated alkanes) is 1. The Hall–Kier alpha value is -2.77. The highest BCUT2D eigenvalue weighted by Gasteiger charge is 2.40. The van der Waals surface area contributed by atoms with Crippen molar-refractivity contribution in [3.63, 3.8) is 0 Å². The van der Waals surface area contributed by atoms with E-state index < -0.39 is 29.7 Å². The van der Waals surface area contributed by atoms with Gasteiger partial charge in [0.05, 0.1) is 0 Å². The van der Waals surface area contributed by atoms with E-state index in [1.165, 1.54) is 4.90 Å². The molecule has 1 aromatic rings. The molecule has 1 aromatic carbocycles. The van der Waals surface area contributed by atoms with Crippen molar-refractivity contribution in [2.24, 2.45) is 5.92 Å². The average molecular weight is 492 g/mol. The summed E-state index contributed by atoms with van der Waals surface area (Å²) in [5.41, 5.74) is 0.241. The van der Waals surface area contributed by atoms with Crippen LogP contribution in [0.4, 0.5) is 4.79 Å². The topological polar surface area (TPSA) is 108 Å². The molecule has 3 atom stereocenters. The fourth-order valence-electron chi connectivity index (χ4n) is 3.71. The van der Waals surface area contributed by atoms with Crippen molar-refractivity contribution < 1.29 is 24.2 Å². The summed E-state index contributed by atoms with van der Waals surface area (Å²) >= 11 is 0. The number of nitrogens with one attached hydrogen (secondary N) is 2. The zero-order chi connectivity index (χ0) is 26.9. The van der Waals surface area contributed by atoms with Crippen LogP contribution in [0.2, 0.25) is 0 Å². The highest BCUT2D eigenvalue weighted by Crippen LogP contribution is 2.34. The summed E-state index contributed by atoms with van der Waals surface area (Å²) < 4.78 is 5.39. The molecule has 0 radical (unpaired) electrons. The molecule has 0 saturated heterocycles. The molecule has 0 aromatic heterocycles.